The summed E-state index contributed by atoms with van der Waals surface area (Å²) in [5.41, 5.74) is 0.696. The van der Waals surface area contributed by atoms with Gasteiger partial charge < -0.3 is 4.42 Å². The number of anilines is 1. The summed E-state index contributed by atoms with van der Waals surface area (Å²) in [5.74, 6) is 0.257. The summed E-state index contributed by atoms with van der Waals surface area (Å²) < 4.78 is 5.58. The third kappa shape index (κ3) is 5.06. The maximum Gasteiger partial charge on any atom is 0.293 e. The Labute approximate surface area is 176 Å². The first kappa shape index (κ1) is 20.2. The molecule has 2 N–H and O–H groups in total. The Morgan fingerprint density at radius 2 is 2.07 bits per heavy atom. The zero-order chi connectivity index (χ0) is 20.1. The standard InChI is InChI=1S/C17H16Cl2N6O2S/c1-2-3-8-25-23-16(22-24-25)21-17(28)20-15(26)14-7-6-13(27-14)10-4-5-11(18)12(19)9-10/h4-7,9H,2-3,8H2,1H3,(H2,20,21,23,26,28). The van der Waals surface area contributed by atoms with E-state index in [1.807, 2.05) is 0 Å². The van der Waals surface area contributed by atoms with Crippen molar-refractivity contribution in [3.8, 4) is 11.3 Å². The molecule has 2 aromatic heterocycles. The number of halogens is 2. The lowest BCUT2D eigenvalue weighted by molar-refractivity contribution is 0.0951. The van der Waals surface area contributed by atoms with Crippen molar-refractivity contribution in [3.05, 3.63) is 46.1 Å². The predicted molar refractivity (Wildman–Crippen MR) is 111 cm³/mol. The van der Waals surface area contributed by atoms with E-state index in [1.54, 1.807) is 24.3 Å². The molecular formula is C17H16Cl2N6O2S. The highest BCUT2D eigenvalue weighted by molar-refractivity contribution is 7.80. The van der Waals surface area contributed by atoms with Gasteiger partial charge in [-0.2, -0.15) is 4.80 Å². The van der Waals surface area contributed by atoms with E-state index in [0.717, 1.165) is 12.8 Å². The molecule has 0 unspecified atom stereocenters. The third-order valence-electron chi connectivity index (χ3n) is 3.65. The Hall–Kier alpha value is -2.49. The summed E-state index contributed by atoms with van der Waals surface area (Å²) in [7, 11) is 0. The lowest BCUT2D eigenvalue weighted by atomic mass is 10.2. The molecule has 0 fully saturated rings. The molecule has 2 heterocycles. The van der Waals surface area contributed by atoms with E-state index in [-0.39, 0.29) is 16.8 Å². The summed E-state index contributed by atoms with van der Waals surface area (Å²) in [6, 6.07) is 8.25. The molecule has 1 amide bonds. The van der Waals surface area contributed by atoms with Crippen molar-refractivity contribution in [2.45, 2.75) is 26.3 Å². The number of furan rings is 1. The van der Waals surface area contributed by atoms with Crippen molar-refractivity contribution < 1.29 is 9.21 Å². The number of aryl methyl sites for hydroxylation is 1. The van der Waals surface area contributed by atoms with Gasteiger partial charge in [0.15, 0.2) is 10.9 Å². The topological polar surface area (TPSA) is 97.9 Å². The molecule has 8 nitrogen and oxygen atoms in total. The second kappa shape index (κ2) is 9.13. The number of nitrogens with zero attached hydrogens (tertiary/aromatic N) is 4. The first-order valence-electron chi connectivity index (χ1n) is 8.41. The average Bonchev–Trinajstić information content (AvgIpc) is 3.32. The Morgan fingerprint density at radius 1 is 1.25 bits per heavy atom. The number of tetrazole rings is 1. The number of carbonyl (C=O) groups is 1. The van der Waals surface area contributed by atoms with Gasteiger partial charge in [-0.1, -0.05) is 41.6 Å². The number of carbonyl (C=O) groups excluding carboxylic acids is 1. The van der Waals surface area contributed by atoms with Crippen LogP contribution in [0.4, 0.5) is 5.95 Å². The van der Waals surface area contributed by atoms with Crippen LogP contribution >= 0.6 is 35.4 Å². The molecule has 0 aliphatic rings. The van der Waals surface area contributed by atoms with Crippen LogP contribution in [0.25, 0.3) is 11.3 Å². The minimum Gasteiger partial charge on any atom is -0.451 e. The lowest BCUT2D eigenvalue weighted by Gasteiger charge is -2.04. The predicted octanol–water partition coefficient (Wildman–Crippen LogP) is 4.17. The van der Waals surface area contributed by atoms with Crippen LogP contribution in [0.15, 0.2) is 34.7 Å². The Morgan fingerprint density at radius 3 is 2.82 bits per heavy atom. The molecular weight excluding hydrogens is 423 g/mol. The molecule has 3 rings (SSSR count). The molecule has 146 valence electrons. The molecule has 0 spiro atoms. The number of nitrogens with one attached hydrogen (secondary N) is 2. The number of aromatic nitrogens is 4. The smallest absolute Gasteiger partial charge is 0.293 e. The highest BCUT2D eigenvalue weighted by Gasteiger charge is 2.15. The molecule has 28 heavy (non-hydrogen) atoms. The van der Waals surface area contributed by atoms with E-state index in [0.29, 0.717) is 27.9 Å². The van der Waals surface area contributed by atoms with Gasteiger partial charge in [-0.3, -0.25) is 15.4 Å². The normalized spacial score (nSPS) is 10.7. The number of hydrogen-bond donors (Lipinski definition) is 2. The lowest BCUT2D eigenvalue weighted by Crippen LogP contribution is -2.34. The molecule has 0 saturated heterocycles. The minimum absolute atomic E-state index is 0.0347. The van der Waals surface area contributed by atoms with Crippen LogP contribution in [0.3, 0.4) is 0 Å². The first-order chi connectivity index (χ1) is 13.5. The van der Waals surface area contributed by atoms with E-state index in [1.165, 1.54) is 10.9 Å². The molecule has 0 bridgehead atoms. The minimum atomic E-state index is -0.512. The number of amides is 1. The van der Waals surface area contributed by atoms with E-state index in [2.05, 4.69) is 33.0 Å². The fourth-order valence-corrected chi connectivity index (χ4v) is 2.73. The fourth-order valence-electron chi connectivity index (χ4n) is 2.25. The molecule has 11 heteroatoms. The number of thiocarbonyl (C=S) groups is 1. The van der Waals surface area contributed by atoms with Crippen molar-refractivity contribution in [3.63, 3.8) is 0 Å². The molecule has 1 aromatic carbocycles. The van der Waals surface area contributed by atoms with Crippen LogP contribution < -0.4 is 10.6 Å². The third-order valence-corrected chi connectivity index (χ3v) is 4.59. The molecule has 0 radical (unpaired) electrons. The van der Waals surface area contributed by atoms with Crippen LogP contribution in [-0.4, -0.2) is 31.2 Å². The van der Waals surface area contributed by atoms with Crippen molar-refractivity contribution in [2.75, 3.05) is 5.32 Å². The number of benzene rings is 1. The van der Waals surface area contributed by atoms with Gasteiger partial charge in [0.05, 0.1) is 16.6 Å². The Balaban J connectivity index is 1.60. The van der Waals surface area contributed by atoms with Gasteiger partial charge in [-0.15, -0.1) is 5.10 Å². The van der Waals surface area contributed by atoms with Gasteiger partial charge in [0, 0.05) is 5.56 Å². The van der Waals surface area contributed by atoms with Crippen molar-refractivity contribution in [1.29, 1.82) is 0 Å². The average molecular weight is 439 g/mol. The second-order valence-corrected chi connectivity index (χ2v) is 6.99. The van der Waals surface area contributed by atoms with E-state index < -0.39 is 5.91 Å². The summed E-state index contributed by atoms with van der Waals surface area (Å²) in [4.78, 5) is 13.8. The summed E-state index contributed by atoms with van der Waals surface area (Å²) >= 11 is 17.0. The van der Waals surface area contributed by atoms with E-state index in [9.17, 15) is 4.79 Å². The highest BCUT2D eigenvalue weighted by atomic mass is 35.5. The van der Waals surface area contributed by atoms with Gasteiger partial charge >= 0.3 is 0 Å². The maximum atomic E-state index is 12.3. The molecule has 3 aromatic rings. The fraction of sp³-hybridized carbons (Fsp3) is 0.235. The summed E-state index contributed by atoms with van der Waals surface area (Å²) in [5, 5.41) is 17.9. The van der Waals surface area contributed by atoms with Crippen LogP contribution in [0.5, 0.6) is 0 Å². The van der Waals surface area contributed by atoms with Crippen LogP contribution in [-0.2, 0) is 6.54 Å². The largest absolute Gasteiger partial charge is 0.451 e. The monoisotopic (exact) mass is 438 g/mol. The zero-order valence-corrected chi connectivity index (χ0v) is 17.1. The van der Waals surface area contributed by atoms with Crippen molar-refractivity contribution >= 4 is 52.4 Å². The molecule has 0 saturated carbocycles. The van der Waals surface area contributed by atoms with Gasteiger partial charge in [0.1, 0.15) is 5.76 Å². The quantitative estimate of drug-likeness (QED) is 0.557. The van der Waals surface area contributed by atoms with Gasteiger partial charge in [-0.25, -0.2) is 0 Å². The number of rotatable bonds is 6. The maximum absolute atomic E-state index is 12.3. The zero-order valence-electron chi connectivity index (χ0n) is 14.8. The number of unbranched alkanes of at least 4 members (excludes halogenated alkanes) is 1. The first-order valence-corrected chi connectivity index (χ1v) is 9.58. The molecule has 0 aliphatic heterocycles. The summed E-state index contributed by atoms with van der Waals surface area (Å²) in [6.45, 7) is 2.73. The Kier molecular flexibility index (Phi) is 6.61. The van der Waals surface area contributed by atoms with Crippen molar-refractivity contribution in [2.24, 2.45) is 0 Å². The number of hydrogen-bond acceptors (Lipinski definition) is 6. The molecule has 0 atom stereocenters. The summed E-state index contributed by atoms with van der Waals surface area (Å²) in [6.07, 6.45) is 1.96. The van der Waals surface area contributed by atoms with E-state index in [4.69, 9.17) is 39.8 Å². The second-order valence-electron chi connectivity index (χ2n) is 5.76. The van der Waals surface area contributed by atoms with Crippen molar-refractivity contribution in [1.82, 2.24) is 25.5 Å². The molecule has 0 aliphatic carbocycles. The van der Waals surface area contributed by atoms with Crippen LogP contribution in [0.1, 0.15) is 30.3 Å². The van der Waals surface area contributed by atoms with Crippen LogP contribution in [0, 0.1) is 0 Å². The Bertz CT molecular complexity index is 1000. The van der Waals surface area contributed by atoms with Gasteiger partial charge in [-0.05, 0) is 54.2 Å². The van der Waals surface area contributed by atoms with E-state index >= 15 is 0 Å². The van der Waals surface area contributed by atoms with Gasteiger partial charge in [0.2, 0.25) is 0 Å². The van der Waals surface area contributed by atoms with Gasteiger partial charge in [0.25, 0.3) is 11.9 Å². The highest BCUT2D eigenvalue weighted by Crippen LogP contribution is 2.29. The SMILES string of the molecule is CCCCn1nnc(NC(=S)NC(=O)c2ccc(-c3ccc(Cl)c(Cl)c3)o2)n1. The van der Waals surface area contributed by atoms with Crippen LogP contribution in [0.2, 0.25) is 10.0 Å².